The van der Waals surface area contributed by atoms with Crippen LogP contribution in [-0.4, -0.2) is 18.8 Å². The molecule has 0 spiro atoms. The zero-order chi connectivity index (χ0) is 13.8. The lowest BCUT2D eigenvalue weighted by Gasteiger charge is -2.19. The molecule has 0 bridgehead atoms. The first-order chi connectivity index (χ1) is 8.29. The molecule has 18 heavy (non-hydrogen) atoms. The van der Waals surface area contributed by atoms with Gasteiger partial charge in [0.25, 0.3) is 0 Å². The van der Waals surface area contributed by atoms with Gasteiger partial charge in [-0.3, -0.25) is 0 Å². The van der Waals surface area contributed by atoms with Crippen LogP contribution in [0.25, 0.3) is 0 Å². The Morgan fingerprint density at radius 3 is 2.33 bits per heavy atom. The smallest absolute Gasteiger partial charge is 0.138 e. The minimum atomic E-state index is -0.130. The first-order valence-corrected chi connectivity index (χ1v) is 6.73. The average Bonchev–Trinajstić information content (AvgIpc) is 2.24. The first-order valence-electron chi connectivity index (χ1n) is 6.36. The standard InChI is InChI=1S/C15H23ClO2/c1-11(2)12-6-7-14(13(16)10-12)17-8-9-18-15(3,4)5/h6-7,10-11H,8-9H2,1-5H3. The Morgan fingerprint density at radius 2 is 1.83 bits per heavy atom. The summed E-state index contributed by atoms with van der Waals surface area (Å²) in [6, 6.07) is 5.94. The number of hydrogen-bond acceptors (Lipinski definition) is 2. The molecule has 0 aliphatic heterocycles. The van der Waals surface area contributed by atoms with E-state index in [1.165, 1.54) is 5.56 Å². The van der Waals surface area contributed by atoms with E-state index in [1.807, 2.05) is 32.9 Å². The van der Waals surface area contributed by atoms with Crippen molar-refractivity contribution in [2.45, 2.75) is 46.1 Å². The molecule has 102 valence electrons. The van der Waals surface area contributed by atoms with E-state index in [-0.39, 0.29) is 5.60 Å². The third-order valence-electron chi connectivity index (χ3n) is 2.50. The largest absolute Gasteiger partial charge is 0.490 e. The molecule has 0 N–H and O–H groups in total. The second-order valence-corrected chi connectivity index (χ2v) is 6.06. The number of ether oxygens (including phenoxy) is 2. The lowest BCUT2D eigenvalue weighted by Crippen LogP contribution is -2.22. The summed E-state index contributed by atoms with van der Waals surface area (Å²) in [5, 5.41) is 0.664. The van der Waals surface area contributed by atoms with Crippen LogP contribution in [0.15, 0.2) is 18.2 Å². The van der Waals surface area contributed by atoms with Crippen molar-refractivity contribution in [3.8, 4) is 5.75 Å². The van der Waals surface area contributed by atoms with Gasteiger partial charge in [-0.05, 0) is 44.4 Å². The van der Waals surface area contributed by atoms with Crippen molar-refractivity contribution in [3.05, 3.63) is 28.8 Å². The van der Waals surface area contributed by atoms with E-state index in [0.717, 1.165) is 5.75 Å². The van der Waals surface area contributed by atoms with Crippen LogP contribution in [0.4, 0.5) is 0 Å². The van der Waals surface area contributed by atoms with E-state index in [0.29, 0.717) is 24.2 Å². The van der Waals surface area contributed by atoms with Crippen LogP contribution in [0, 0.1) is 0 Å². The maximum absolute atomic E-state index is 6.18. The Bertz CT molecular complexity index is 381. The fraction of sp³-hybridized carbons (Fsp3) is 0.600. The Labute approximate surface area is 115 Å². The van der Waals surface area contributed by atoms with Crippen molar-refractivity contribution in [2.75, 3.05) is 13.2 Å². The summed E-state index contributed by atoms with van der Waals surface area (Å²) in [4.78, 5) is 0. The van der Waals surface area contributed by atoms with Gasteiger partial charge in [0.15, 0.2) is 0 Å². The summed E-state index contributed by atoms with van der Waals surface area (Å²) in [6.45, 7) is 11.4. The molecule has 0 atom stereocenters. The highest BCUT2D eigenvalue weighted by Crippen LogP contribution is 2.28. The van der Waals surface area contributed by atoms with Gasteiger partial charge in [0, 0.05) is 0 Å². The first kappa shape index (κ1) is 15.3. The molecule has 3 heteroatoms. The van der Waals surface area contributed by atoms with Gasteiger partial charge >= 0.3 is 0 Å². The maximum Gasteiger partial charge on any atom is 0.138 e. The normalized spacial score (nSPS) is 11.9. The van der Waals surface area contributed by atoms with Gasteiger partial charge in [0.2, 0.25) is 0 Å². The van der Waals surface area contributed by atoms with Crippen molar-refractivity contribution in [3.63, 3.8) is 0 Å². The Kier molecular flexibility index (Phi) is 5.48. The van der Waals surface area contributed by atoms with Crippen LogP contribution in [0.1, 0.15) is 46.1 Å². The highest BCUT2D eigenvalue weighted by atomic mass is 35.5. The molecule has 0 amide bonds. The predicted molar refractivity (Wildman–Crippen MR) is 76.7 cm³/mol. The van der Waals surface area contributed by atoms with E-state index >= 15 is 0 Å². The average molecular weight is 271 g/mol. The number of rotatable bonds is 5. The van der Waals surface area contributed by atoms with Crippen molar-refractivity contribution in [2.24, 2.45) is 0 Å². The van der Waals surface area contributed by atoms with Crippen LogP contribution in [-0.2, 0) is 4.74 Å². The van der Waals surface area contributed by atoms with Crippen LogP contribution >= 0.6 is 11.6 Å². The molecule has 1 aromatic carbocycles. The molecule has 2 nitrogen and oxygen atoms in total. The summed E-state index contributed by atoms with van der Waals surface area (Å²) in [6.07, 6.45) is 0. The van der Waals surface area contributed by atoms with Gasteiger partial charge in [-0.1, -0.05) is 31.5 Å². The minimum absolute atomic E-state index is 0.130. The Hall–Kier alpha value is -0.730. The summed E-state index contributed by atoms with van der Waals surface area (Å²) in [5.74, 6) is 1.19. The number of hydrogen-bond donors (Lipinski definition) is 0. The van der Waals surface area contributed by atoms with Crippen LogP contribution < -0.4 is 4.74 Å². The molecule has 0 unspecified atom stereocenters. The van der Waals surface area contributed by atoms with Crippen LogP contribution in [0.5, 0.6) is 5.75 Å². The molecule has 0 saturated heterocycles. The fourth-order valence-corrected chi connectivity index (χ4v) is 1.74. The topological polar surface area (TPSA) is 18.5 Å². The molecular formula is C15H23ClO2. The third kappa shape index (κ3) is 5.28. The molecule has 0 saturated carbocycles. The molecule has 0 aliphatic carbocycles. The summed E-state index contributed by atoms with van der Waals surface area (Å²) < 4.78 is 11.2. The summed E-state index contributed by atoms with van der Waals surface area (Å²) in [7, 11) is 0. The monoisotopic (exact) mass is 270 g/mol. The van der Waals surface area contributed by atoms with Gasteiger partial charge in [-0.25, -0.2) is 0 Å². The molecule has 0 aromatic heterocycles. The predicted octanol–water partition coefficient (Wildman–Crippen LogP) is 4.66. The Balaban J connectivity index is 2.48. The lowest BCUT2D eigenvalue weighted by molar-refractivity contribution is -0.0162. The van der Waals surface area contributed by atoms with Crippen molar-refractivity contribution in [1.82, 2.24) is 0 Å². The van der Waals surface area contributed by atoms with Gasteiger partial charge < -0.3 is 9.47 Å². The molecule has 0 heterocycles. The van der Waals surface area contributed by atoms with Crippen molar-refractivity contribution < 1.29 is 9.47 Å². The molecule has 0 aliphatic rings. The second kappa shape index (κ2) is 6.44. The van der Waals surface area contributed by atoms with Crippen LogP contribution in [0.2, 0.25) is 5.02 Å². The fourth-order valence-electron chi connectivity index (χ4n) is 1.49. The van der Waals surface area contributed by atoms with Gasteiger partial charge in [-0.2, -0.15) is 0 Å². The van der Waals surface area contributed by atoms with Crippen molar-refractivity contribution >= 4 is 11.6 Å². The third-order valence-corrected chi connectivity index (χ3v) is 2.79. The number of benzene rings is 1. The van der Waals surface area contributed by atoms with Gasteiger partial charge in [-0.15, -0.1) is 0 Å². The molecular weight excluding hydrogens is 248 g/mol. The van der Waals surface area contributed by atoms with E-state index in [1.54, 1.807) is 0 Å². The summed E-state index contributed by atoms with van der Waals surface area (Å²) in [5.41, 5.74) is 1.09. The zero-order valence-electron chi connectivity index (χ0n) is 11.9. The summed E-state index contributed by atoms with van der Waals surface area (Å²) >= 11 is 6.18. The maximum atomic E-state index is 6.18. The Morgan fingerprint density at radius 1 is 1.17 bits per heavy atom. The molecule has 1 rings (SSSR count). The van der Waals surface area contributed by atoms with E-state index in [4.69, 9.17) is 21.1 Å². The van der Waals surface area contributed by atoms with E-state index in [2.05, 4.69) is 19.9 Å². The molecule has 1 aromatic rings. The van der Waals surface area contributed by atoms with Gasteiger partial charge in [0.1, 0.15) is 12.4 Å². The second-order valence-electron chi connectivity index (χ2n) is 5.65. The lowest BCUT2D eigenvalue weighted by atomic mass is 10.0. The zero-order valence-corrected chi connectivity index (χ0v) is 12.7. The van der Waals surface area contributed by atoms with E-state index in [9.17, 15) is 0 Å². The van der Waals surface area contributed by atoms with Crippen LogP contribution in [0.3, 0.4) is 0 Å². The molecule has 0 fully saturated rings. The number of halogens is 1. The SMILES string of the molecule is CC(C)c1ccc(OCCOC(C)(C)C)c(Cl)c1. The van der Waals surface area contributed by atoms with Gasteiger partial charge in [0.05, 0.1) is 17.2 Å². The van der Waals surface area contributed by atoms with Crippen molar-refractivity contribution in [1.29, 1.82) is 0 Å². The highest BCUT2D eigenvalue weighted by molar-refractivity contribution is 6.32. The highest BCUT2D eigenvalue weighted by Gasteiger charge is 2.10. The molecule has 0 radical (unpaired) electrons. The minimum Gasteiger partial charge on any atom is -0.490 e. The van der Waals surface area contributed by atoms with E-state index < -0.39 is 0 Å². The quantitative estimate of drug-likeness (QED) is 0.725.